The summed E-state index contributed by atoms with van der Waals surface area (Å²) in [6.45, 7) is 2.70. The van der Waals surface area contributed by atoms with Crippen LogP contribution in [0, 0.1) is 12.7 Å². The molecular weight excluding hydrogens is 227 g/mol. The molecule has 0 aliphatic rings. The molecule has 0 aliphatic heterocycles. The summed E-state index contributed by atoms with van der Waals surface area (Å²) in [5.74, 6) is -0.734. The van der Waals surface area contributed by atoms with E-state index in [2.05, 4.69) is 4.74 Å². The first-order valence-electron chi connectivity index (χ1n) is 5.06. The fourth-order valence-electron chi connectivity index (χ4n) is 1.27. The summed E-state index contributed by atoms with van der Waals surface area (Å²) in [7, 11) is 1.18. The van der Waals surface area contributed by atoms with Gasteiger partial charge in [0.2, 0.25) is 0 Å². The lowest BCUT2D eigenvalue weighted by molar-refractivity contribution is -0.163. The summed E-state index contributed by atoms with van der Waals surface area (Å²) in [5, 5.41) is 9.72. The maximum Gasteiger partial charge on any atom is 0.341 e. The van der Waals surface area contributed by atoms with E-state index < -0.39 is 11.6 Å². The van der Waals surface area contributed by atoms with Gasteiger partial charge in [-0.2, -0.15) is 0 Å². The second-order valence-electron chi connectivity index (χ2n) is 3.96. The van der Waals surface area contributed by atoms with Crippen molar-refractivity contribution in [1.82, 2.24) is 0 Å². The van der Waals surface area contributed by atoms with Crippen LogP contribution in [0.25, 0.3) is 0 Å². The van der Waals surface area contributed by atoms with Crippen molar-refractivity contribution in [2.24, 2.45) is 0 Å². The second-order valence-corrected chi connectivity index (χ2v) is 3.96. The summed E-state index contributed by atoms with van der Waals surface area (Å²) in [6.07, 6.45) is 0. The quantitative estimate of drug-likeness (QED) is 0.812. The van der Waals surface area contributed by atoms with Gasteiger partial charge in [0, 0.05) is 0 Å². The zero-order valence-corrected chi connectivity index (χ0v) is 9.99. The van der Waals surface area contributed by atoms with E-state index in [9.17, 15) is 14.3 Å². The van der Waals surface area contributed by atoms with Crippen LogP contribution in [-0.2, 0) is 9.53 Å². The fourth-order valence-corrected chi connectivity index (χ4v) is 1.27. The molecule has 0 aliphatic carbocycles. The molecule has 5 heteroatoms. The lowest BCUT2D eigenvalue weighted by Gasteiger charge is -2.21. The Hall–Kier alpha value is -1.62. The molecule has 0 fully saturated rings. The molecule has 4 nitrogen and oxygen atoms in total. The van der Waals surface area contributed by atoms with Crippen molar-refractivity contribution in [3.8, 4) is 5.75 Å². The molecule has 1 atom stereocenters. The number of benzene rings is 1. The van der Waals surface area contributed by atoms with Gasteiger partial charge in [0.05, 0.1) is 7.11 Å². The van der Waals surface area contributed by atoms with E-state index in [0.29, 0.717) is 11.3 Å². The number of ether oxygens (including phenoxy) is 2. The van der Waals surface area contributed by atoms with Crippen LogP contribution < -0.4 is 4.74 Å². The van der Waals surface area contributed by atoms with E-state index in [1.807, 2.05) is 0 Å². The highest BCUT2D eigenvalue weighted by atomic mass is 19.1. The minimum absolute atomic E-state index is 0.258. The van der Waals surface area contributed by atoms with Crippen LogP contribution in [0.15, 0.2) is 18.2 Å². The average molecular weight is 242 g/mol. The first kappa shape index (κ1) is 13.4. The first-order valence-corrected chi connectivity index (χ1v) is 5.06. The Morgan fingerprint density at radius 2 is 2.18 bits per heavy atom. The average Bonchev–Trinajstić information content (AvgIpc) is 2.26. The minimum atomic E-state index is -1.73. The number of aliphatic hydroxyl groups is 1. The van der Waals surface area contributed by atoms with Gasteiger partial charge in [-0.1, -0.05) is 0 Å². The normalized spacial score (nSPS) is 13.9. The number of hydrogen-bond donors (Lipinski definition) is 1. The van der Waals surface area contributed by atoms with Crippen LogP contribution in [-0.4, -0.2) is 30.4 Å². The molecule has 0 saturated heterocycles. The Balaban J connectivity index is 2.70. The Morgan fingerprint density at radius 1 is 1.53 bits per heavy atom. The molecule has 0 amide bonds. The van der Waals surface area contributed by atoms with Gasteiger partial charge >= 0.3 is 5.97 Å². The van der Waals surface area contributed by atoms with Crippen molar-refractivity contribution >= 4 is 5.97 Å². The zero-order valence-electron chi connectivity index (χ0n) is 9.99. The summed E-state index contributed by atoms with van der Waals surface area (Å²) < 4.78 is 22.5. The smallest absolute Gasteiger partial charge is 0.341 e. The maximum atomic E-state index is 12.8. The van der Waals surface area contributed by atoms with Crippen LogP contribution in [0.2, 0.25) is 0 Å². The van der Waals surface area contributed by atoms with Crippen LogP contribution in [0.4, 0.5) is 4.39 Å². The van der Waals surface area contributed by atoms with Crippen molar-refractivity contribution < 1.29 is 23.8 Å². The molecule has 0 bridgehead atoms. The largest absolute Gasteiger partial charge is 0.490 e. The van der Waals surface area contributed by atoms with Crippen LogP contribution >= 0.6 is 0 Å². The van der Waals surface area contributed by atoms with Gasteiger partial charge < -0.3 is 14.6 Å². The molecule has 0 saturated carbocycles. The molecule has 0 spiro atoms. The number of methoxy groups -OCH3 is 1. The topological polar surface area (TPSA) is 55.8 Å². The Morgan fingerprint density at radius 3 is 2.71 bits per heavy atom. The predicted octanol–water partition coefficient (Wildman–Crippen LogP) is 1.44. The highest BCUT2D eigenvalue weighted by molar-refractivity contribution is 5.78. The van der Waals surface area contributed by atoms with E-state index in [4.69, 9.17) is 4.74 Å². The van der Waals surface area contributed by atoms with Gasteiger partial charge in [-0.25, -0.2) is 9.18 Å². The van der Waals surface area contributed by atoms with E-state index in [0.717, 1.165) is 0 Å². The standard InChI is InChI=1S/C12H15FO4/c1-8-6-9(13)4-5-10(8)17-7-12(2,15)11(14)16-3/h4-6,15H,7H2,1-3H3. The van der Waals surface area contributed by atoms with E-state index in [1.54, 1.807) is 6.92 Å². The van der Waals surface area contributed by atoms with E-state index in [1.165, 1.54) is 32.2 Å². The summed E-state index contributed by atoms with van der Waals surface area (Å²) in [5.41, 5.74) is -1.14. The van der Waals surface area contributed by atoms with Gasteiger partial charge in [0.25, 0.3) is 0 Å². The zero-order chi connectivity index (χ0) is 13.1. The fraction of sp³-hybridized carbons (Fsp3) is 0.417. The monoisotopic (exact) mass is 242 g/mol. The van der Waals surface area contributed by atoms with Crippen molar-refractivity contribution in [2.75, 3.05) is 13.7 Å². The number of carbonyl (C=O) groups is 1. The predicted molar refractivity (Wildman–Crippen MR) is 59.3 cm³/mol. The molecule has 1 aromatic carbocycles. The number of aryl methyl sites for hydroxylation is 1. The molecule has 17 heavy (non-hydrogen) atoms. The lowest BCUT2D eigenvalue weighted by atomic mass is 10.1. The van der Waals surface area contributed by atoms with Crippen LogP contribution in [0.5, 0.6) is 5.75 Å². The van der Waals surface area contributed by atoms with Gasteiger partial charge in [0.1, 0.15) is 18.2 Å². The SMILES string of the molecule is COC(=O)C(C)(O)COc1ccc(F)cc1C. The van der Waals surface area contributed by atoms with E-state index in [-0.39, 0.29) is 12.4 Å². The number of hydrogen-bond acceptors (Lipinski definition) is 4. The number of halogens is 1. The number of carbonyl (C=O) groups excluding carboxylic acids is 1. The van der Waals surface area contributed by atoms with Crippen molar-refractivity contribution in [2.45, 2.75) is 19.4 Å². The van der Waals surface area contributed by atoms with Crippen molar-refractivity contribution in [3.05, 3.63) is 29.6 Å². The van der Waals surface area contributed by atoms with Crippen LogP contribution in [0.3, 0.4) is 0 Å². The summed E-state index contributed by atoms with van der Waals surface area (Å²) >= 11 is 0. The minimum Gasteiger partial charge on any atom is -0.490 e. The molecule has 0 radical (unpaired) electrons. The third-order valence-corrected chi connectivity index (χ3v) is 2.27. The summed E-state index contributed by atoms with van der Waals surface area (Å²) in [4.78, 5) is 11.2. The van der Waals surface area contributed by atoms with Crippen molar-refractivity contribution in [3.63, 3.8) is 0 Å². The van der Waals surface area contributed by atoms with Gasteiger partial charge in [-0.3, -0.25) is 0 Å². The number of esters is 1. The molecule has 1 N–H and O–H groups in total. The molecule has 1 aromatic rings. The molecule has 1 unspecified atom stereocenters. The number of rotatable bonds is 4. The Kier molecular flexibility index (Phi) is 4.07. The lowest BCUT2D eigenvalue weighted by Crippen LogP contribution is -2.42. The summed E-state index contributed by atoms with van der Waals surface area (Å²) in [6, 6.07) is 4.00. The highest BCUT2D eigenvalue weighted by Crippen LogP contribution is 2.20. The third kappa shape index (κ3) is 3.42. The van der Waals surface area contributed by atoms with Crippen molar-refractivity contribution in [1.29, 1.82) is 0 Å². The van der Waals surface area contributed by atoms with E-state index >= 15 is 0 Å². The van der Waals surface area contributed by atoms with Gasteiger partial charge in [-0.15, -0.1) is 0 Å². The molecule has 0 heterocycles. The first-order chi connectivity index (χ1) is 7.86. The molecule has 1 rings (SSSR count). The van der Waals surface area contributed by atoms with Crippen LogP contribution in [0.1, 0.15) is 12.5 Å². The highest BCUT2D eigenvalue weighted by Gasteiger charge is 2.32. The van der Waals surface area contributed by atoms with Gasteiger partial charge in [-0.05, 0) is 37.6 Å². The van der Waals surface area contributed by atoms with Gasteiger partial charge in [0.15, 0.2) is 5.60 Å². The second kappa shape index (κ2) is 5.14. The Labute approximate surface area is 99.0 Å². The third-order valence-electron chi connectivity index (χ3n) is 2.27. The Bertz CT molecular complexity index is 415. The molecular formula is C12H15FO4. The molecule has 0 aromatic heterocycles. The molecule has 94 valence electrons. The maximum absolute atomic E-state index is 12.8.